The molecule has 0 saturated carbocycles. The monoisotopic (exact) mass is 469 g/mol. The summed E-state index contributed by atoms with van der Waals surface area (Å²) in [5.74, 6) is -0.323. The fourth-order valence-corrected chi connectivity index (χ4v) is 5.00. The molecule has 3 rings (SSSR count). The van der Waals surface area contributed by atoms with Crippen LogP contribution >= 0.6 is 0 Å². The number of nitrogens with one attached hydrogen (secondary N) is 1. The molecule has 1 N–H and O–H groups in total. The first-order valence-corrected chi connectivity index (χ1v) is 11.8. The minimum atomic E-state index is -4.44. The highest BCUT2D eigenvalue weighted by Gasteiger charge is 2.32. The van der Waals surface area contributed by atoms with Crippen LogP contribution in [0.5, 0.6) is 0 Å². The van der Waals surface area contributed by atoms with Crippen molar-refractivity contribution in [3.05, 3.63) is 59.2 Å². The van der Waals surface area contributed by atoms with Crippen molar-refractivity contribution in [3.63, 3.8) is 0 Å². The lowest BCUT2D eigenvalue weighted by atomic mass is 10.1. The second kappa shape index (κ2) is 9.50. The summed E-state index contributed by atoms with van der Waals surface area (Å²) in [6.45, 7) is 4.94. The molecule has 0 bridgehead atoms. The molecule has 32 heavy (non-hydrogen) atoms. The number of hydrogen-bond acceptors (Lipinski definition) is 4. The van der Waals surface area contributed by atoms with Gasteiger partial charge in [-0.05, 0) is 49.2 Å². The molecule has 1 aliphatic rings. The van der Waals surface area contributed by atoms with E-state index >= 15 is 0 Å². The number of aryl methyl sites for hydroxylation is 1. The average Bonchev–Trinajstić information content (AvgIpc) is 2.77. The highest BCUT2D eigenvalue weighted by atomic mass is 32.2. The predicted molar refractivity (Wildman–Crippen MR) is 116 cm³/mol. The number of alkyl halides is 3. The standard InChI is InChI=1S/C22H26F3N3O3S/c1-3-9-26-21(29)20-15-19(8-7-16(20)2)32(30,31)28-12-10-27(11-13-28)18-6-4-5-17(14-18)22(23,24)25/h4-8,14-15H,3,9-13H2,1-2H3,(H,26,29). The van der Waals surface area contributed by atoms with Gasteiger partial charge < -0.3 is 10.2 Å². The Morgan fingerprint density at radius 3 is 2.38 bits per heavy atom. The zero-order valence-electron chi connectivity index (χ0n) is 17.9. The van der Waals surface area contributed by atoms with Gasteiger partial charge >= 0.3 is 6.18 Å². The van der Waals surface area contributed by atoms with Crippen molar-refractivity contribution in [1.82, 2.24) is 9.62 Å². The van der Waals surface area contributed by atoms with Gasteiger partial charge in [-0.15, -0.1) is 0 Å². The van der Waals surface area contributed by atoms with Gasteiger partial charge in [-0.1, -0.05) is 19.1 Å². The van der Waals surface area contributed by atoms with Crippen molar-refractivity contribution in [3.8, 4) is 0 Å². The van der Waals surface area contributed by atoms with E-state index < -0.39 is 21.8 Å². The first-order valence-electron chi connectivity index (χ1n) is 10.3. The van der Waals surface area contributed by atoms with E-state index in [2.05, 4.69) is 5.32 Å². The summed E-state index contributed by atoms with van der Waals surface area (Å²) in [7, 11) is -3.85. The second-order valence-corrected chi connectivity index (χ2v) is 9.61. The van der Waals surface area contributed by atoms with Crippen LogP contribution in [-0.4, -0.2) is 51.4 Å². The van der Waals surface area contributed by atoms with Crippen molar-refractivity contribution in [2.24, 2.45) is 0 Å². The number of anilines is 1. The predicted octanol–water partition coefficient (Wildman–Crippen LogP) is 3.66. The number of rotatable bonds is 6. The molecule has 6 nitrogen and oxygen atoms in total. The summed E-state index contributed by atoms with van der Waals surface area (Å²) < 4.78 is 66.6. The van der Waals surface area contributed by atoms with Gasteiger partial charge in [0.25, 0.3) is 5.91 Å². The number of hydrogen-bond donors (Lipinski definition) is 1. The fourth-order valence-electron chi connectivity index (χ4n) is 3.55. The Morgan fingerprint density at radius 2 is 1.75 bits per heavy atom. The maximum atomic E-state index is 13.1. The van der Waals surface area contributed by atoms with Crippen molar-refractivity contribution < 1.29 is 26.4 Å². The molecule has 0 atom stereocenters. The molecule has 0 spiro atoms. The largest absolute Gasteiger partial charge is 0.416 e. The molecule has 0 aromatic heterocycles. The van der Waals surface area contributed by atoms with Crippen LogP contribution < -0.4 is 10.2 Å². The second-order valence-electron chi connectivity index (χ2n) is 7.67. The highest BCUT2D eigenvalue weighted by Crippen LogP contribution is 2.32. The third kappa shape index (κ3) is 5.24. The van der Waals surface area contributed by atoms with Crippen molar-refractivity contribution in [2.75, 3.05) is 37.6 Å². The summed E-state index contributed by atoms with van der Waals surface area (Å²) in [6.07, 6.45) is -3.67. The minimum Gasteiger partial charge on any atom is -0.369 e. The SMILES string of the molecule is CCCNC(=O)c1cc(S(=O)(=O)N2CCN(c3cccc(C(F)(F)F)c3)CC2)ccc1C. The summed E-state index contributed by atoms with van der Waals surface area (Å²) in [5.41, 5.74) is 0.648. The first-order chi connectivity index (χ1) is 15.0. The van der Waals surface area contributed by atoms with E-state index in [0.717, 1.165) is 18.6 Å². The number of amides is 1. The van der Waals surface area contributed by atoms with E-state index in [1.807, 2.05) is 6.92 Å². The van der Waals surface area contributed by atoms with Gasteiger partial charge in [-0.3, -0.25) is 4.79 Å². The molecular weight excluding hydrogens is 443 g/mol. The van der Waals surface area contributed by atoms with Crippen molar-refractivity contribution >= 4 is 21.6 Å². The molecule has 1 aliphatic heterocycles. The molecule has 2 aromatic rings. The Labute approximate surface area is 186 Å². The summed E-state index contributed by atoms with van der Waals surface area (Å²) in [4.78, 5) is 14.1. The van der Waals surface area contributed by atoms with Crippen molar-refractivity contribution in [1.29, 1.82) is 0 Å². The van der Waals surface area contributed by atoms with Crippen LogP contribution in [0.4, 0.5) is 18.9 Å². The molecule has 174 valence electrons. The van der Waals surface area contributed by atoms with Crippen LogP contribution in [0, 0.1) is 6.92 Å². The van der Waals surface area contributed by atoms with Crippen molar-refractivity contribution in [2.45, 2.75) is 31.3 Å². The third-order valence-corrected chi connectivity index (χ3v) is 7.30. The molecule has 10 heteroatoms. The number of halogens is 3. The molecule has 1 fully saturated rings. The van der Waals surface area contributed by atoms with Crippen LogP contribution in [0.25, 0.3) is 0 Å². The number of carbonyl (C=O) groups excluding carboxylic acids is 1. The number of carbonyl (C=O) groups is 1. The quantitative estimate of drug-likeness (QED) is 0.701. The first kappa shape index (κ1) is 24.1. The van der Waals surface area contributed by atoms with E-state index in [1.54, 1.807) is 24.0 Å². The molecule has 0 aliphatic carbocycles. The normalized spacial score (nSPS) is 15.6. The zero-order chi connectivity index (χ0) is 23.5. The van der Waals surface area contributed by atoms with Gasteiger partial charge in [-0.2, -0.15) is 17.5 Å². The number of benzene rings is 2. The Bertz CT molecular complexity index is 1080. The van der Waals surface area contributed by atoms with Gasteiger partial charge in [0.15, 0.2) is 0 Å². The van der Waals surface area contributed by atoms with E-state index in [4.69, 9.17) is 0 Å². The molecule has 0 radical (unpaired) electrons. The maximum absolute atomic E-state index is 13.1. The summed E-state index contributed by atoms with van der Waals surface area (Å²) in [6, 6.07) is 9.47. The van der Waals surface area contributed by atoms with Crippen LogP contribution in [0.15, 0.2) is 47.4 Å². The van der Waals surface area contributed by atoms with Crippen LogP contribution in [0.2, 0.25) is 0 Å². The van der Waals surface area contributed by atoms with E-state index in [-0.39, 0.29) is 37.0 Å². The molecule has 1 heterocycles. The Balaban J connectivity index is 1.75. The Kier molecular flexibility index (Phi) is 7.14. The van der Waals surface area contributed by atoms with Gasteiger partial charge in [0.2, 0.25) is 10.0 Å². The Hall–Kier alpha value is -2.59. The lowest BCUT2D eigenvalue weighted by Crippen LogP contribution is -2.48. The minimum absolute atomic E-state index is 0.0252. The smallest absolute Gasteiger partial charge is 0.369 e. The van der Waals surface area contributed by atoms with Gasteiger partial charge in [0.05, 0.1) is 10.5 Å². The zero-order valence-corrected chi connectivity index (χ0v) is 18.8. The molecule has 1 amide bonds. The molecule has 0 unspecified atom stereocenters. The summed E-state index contributed by atoms with van der Waals surface area (Å²) in [5, 5.41) is 2.75. The Morgan fingerprint density at radius 1 is 1.06 bits per heavy atom. The van der Waals surface area contributed by atoms with Crippen LogP contribution in [0.1, 0.15) is 34.8 Å². The average molecular weight is 470 g/mol. The highest BCUT2D eigenvalue weighted by molar-refractivity contribution is 7.89. The van der Waals surface area contributed by atoms with E-state index in [9.17, 15) is 26.4 Å². The third-order valence-electron chi connectivity index (χ3n) is 5.40. The molecule has 1 saturated heterocycles. The summed E-state index contributed by atoms with van der Waals surface area (Å²) >= 11 is 0. The van der Waals surface area contributed by atoms with Crippen LogP contribution in [0.3, 0.4) is 0 Å². The number of sulfonamides is 1. The molecular formula is C22H26F3N3O3S. The maximum Gasteiger partial charge on any atom is 0.416 e. The van der Waals surface area contributed by atoms with Crippen LogP contribution in [-0.2, 0) is 16.2 Å². The number of nitrogens with zero attached hydrogens (tertiary/aromatic N) is 2. The lowest BCUT2D eigenvalue weighted by molar-refractivity contribution is -0.137. The van der Waals surface area contributed by atoms with Gasteiger partial charge in [0, 0.05) is 44.0 Å². The number of piperazine rings is 1. The fraction of sp³-hybridized carbons (Fsp3) is 0.409. The van der Waals surface area contributed by atoms with Gasteiger partial charge in [0.1, 0.15) is 0 Å². The lowest BCUT2D eigenvalue weighted by Gasteiger charge is -2.35. The topological polar surface area (TPSA) is 69.7 Å². The molecule has 2 aromatic carbocycles. The van der Waals surface area contributed by atoms with E-state index in [0.29, 0.717) is 23.4 Å². The van der Waals surface area contributed by atoms with Gasteiger partial charge in [-0.25, -0.2) is 8.42 Å². The van der Waals surface area contributed by atoms with E-state index in [1.165, 1.54) is 22.5 Å².